The molecule has 0 spiro atoms. The molecule has 0 bridgehead atoms. The average Bonchev–Trinajstić information content (AvgIpc) is 1.64. The van der Waals surface area contributed by atoms with Gasteiger partial charge in [-0.2, -0.15) is 52.7 Å². The Hall–Kier alpha value is -5.42. The minimum Gasteiger partial charge on any atom is -0.388 e. The molecule has 0 radical (unpaired) electrons. The van der Waals surface area contributed by atoms with E-state index in [4.69, 9.17) is 0 Å². The molecular weight excluding hydrogens is 1360 g/mol. The number of alkyl halides is 14. The summed E-state index contributed by atoms with van der Waals surface area (Å²) in [6.45, 7) is 24.1. The number of carbonyl (C=O) groups is 4. The fourth-order valence-corrected chi connectivity index (χ4v) is 15.4. The highest BCUT2D eigenvalue weighted by atomic mass is 32.2. The van der Waals surface area contributed by atoms with Gasteiger partial charge in [0, 0.05) is 25.7 Å². The Labute approximate surface area is 566 Å². The van der Waals surface area contributed by atoms with Crippen LogP contribution in [0.4, 0.5) is 61.5 Å². The molecule has 4 amide bonds. The largest absolute Gasteiger partial charge is 0.416 e. The molecule has 4 heterocycles. The van der Waals surface area contributed by atoms with E-state index in [9.17, 15) is 90.9 Å². The van der Waals surface area contributed by atoms with Crippen molar-refractivity contribution < 1.29 is 90.9 Å². The summed E-state index contributed by atoms with van der Waals surface area (Å²) in [7, 11) is 0. The van der Waals surface area contributed by atoms with Crippen LogP contribution < -0.4 is 0 Å². The van der Waals surface area contributed by atoms with Gasteiger partial charge in [0.25, 0.3) is 23.6 Å². The minimum atomic E-state index is -4.44. The second-order valence-corrected chi connectivity index (χ2v) is 32.6. The van der Waals surface area contributed by atoms with Crippen LogP contribution in [0.25, 0.3) is 0 Å². The number of nitrogens with zero attached hydrogens (tertiary/aromatic N) is 4. The predicted molar refractivity (Wildman–Crippen MR) is 355 cm³/mol. The van der Waals surface area contributed by atoms with E-state index in [2.05, 4.69) is 20.0 Å². The molecule has 0 unspecified atom stereocenters. The summed E-state index contributed by atoms with van der Waals surface area (Å²) in [5.74, 6) is -3.95. The van der Waals surface area contributed by atoms with Gasteiger partial charge in [-0.1, -0.05) is 148 Å². The monoisotopic (exact) mass is 1440 g/mol. The topological polar surface area (TPSA) is 158 Å². The third-order valence-electron chi connectivity index (χ3n) is 17.5. The third-order valence-corrected chi connectivity index (χ3v) is 23.8. The van der Waals surface area contributed by atoms with Crippen LogP contribution in [0.1, 0.15) is 205 Å². The van der Waals surface area contributed by atoms with Gasteiger partial charge in [-0.25, -0.2) is 28.8 Å². The Balaban J connectivity index is 0.000000231. The number of hydrogen-bond donors (Lipinski definition) is 2. The highest BCUT2D eigenvalue weighted by Gasteiger charge is 2.56. The molecule has 2 N–H and O–H groups in total. The van der Waals surface area contributed by atoms with Gasteiger partial charge in [-0.3, -0.25) is 19.2 Å². The van der Waals surface area contributed by atoms with Gasteiger partial charge in [0.05, 0.1) is 53.6 Å². The Morgan fingerprint density at radius 2 is 0.500 bits per heavy atom. The highest BCUT2D eigenvalue weighted by molar-refractivity contribution is 8.17. The molecule has 4 aliphatic rings. The molecular formula is C68H78F14N4O6S4. The zero-order chi connectivity index (χ0) is 73.3. The molecule has 0 aromatic heterocycles. The molecule has 4 aromatic carbocycles. The molecule has 0 saturated heterocycles. The lowest BCUT2D eigenvalue weighted by molar-refractivity contribution is -0.139. The summed E-state index contributed by atoms with van der Waals surface area (Å²) >= 11 is 4.28. The molecule has 8 rings (SSSR count). The molecule has 4 aliphatic heterocycles. The van der Waals surface area contributed by atoms with Crippen LogP contribution in [-0.2, 0) is 43.9 Å². The Bertz CT molecular complexity index is 3180. The molecule has 0 aliphatic carbocycles. The summed E-state index contributed by atoms with van der Waals surface area (Å²) < 4.78 is 181. The van der Waals surface area contributed by atoms with Crippen LogP contribution in [0.2, 0.25) is 0 Å². The second-order valence-electron chi connectivity index (χ2n) is 26.6. The van der Waals surface area contributed by atoms with Crippen LogP contribution in [0.3, 0.4) is 0 Å². The normalized spacial score (nSPS) is 23.3. The van der Waals surface area contributed by atoms with Gasteiger partial charge < -0.3 is 10.2 Å². The van der Waals surface area contributed by atoms with Crippen molar-refractivity contribution in [3.8, 4) is 0 Å². The lowest BCUT2D eigenvalue weighted by atomic mass is 9.91. The van der Waals surface area contributed by atoms with Gasteiger partial charge in [-0.05, 0) is 153 Å². The van der Waals surface area contributed by atoms with E-state index in [1.54, 1.807) is 65.8 Å². The summed E-state index contributed by atoms with van der Waals surface area (Å²) in [5, 5.41) is 22.1. The van der Waals surface area contributed by atoms with Crippen LogP contribution in [0, 0.1) is 0 Å². The quantitative estimate of drug-likeness (QED) is 0.103. The van der Waals surface area contributed by atoms with Gasteiger partial charge >= 0.3 is 24.7 Å². The summed E-state index contributed by atoms with van der Waals surface area (Å²) in [5.41, 5.74) is -8.21. The van der Waals surface area contributed by atoms with E-state index in [0.29, 0.717) is 20.2 Å². The van der Waals surface area contributed by atoms with E-state index < -0.39 is 136 Å². The lowest BCUT2D eigenvalue weighted by Crippen LogP contribution is -2.48. The maximum absolute atomic E-state index is 14.3. The van der Waals surface area contributed by atoms with Crippen molar-refractivity contribution in [3.05, 3.63) is 142 Å². The minimum absolute atomic E-state index is 0.147. The SMILES string of the molecule is C[C@H](CC1=NC(=O)[C@@](C)(C(C)(C)F)S1)c1ccccc1C(F)(F)F.C[C@H](CC1=NC(=O)[C@@](C)(C(C)(C)O)S1)c1ccccc1C(F)(F)F.C[C@H](CC1=NC(=O)[C@](C)(C(C)(C)F)S1)c1ccccc1C(F)(F)F.C[C@H](CC1=NC(=O)[C@](C)(C(C)(C)O)S1)c1ccccc1C(F)(F)F. The first kappa shape index (κ1) is 81.3. The summed E-state index contributed by atoms with van der Waals surface area (Å²) in [6, 6.07) is 21.6. The van der Waals surface area contributed by atoms with Gasteiger partial charge in [0.2, 0.25) is 0 Å². The van der Waals surface area contributed by atoms with E-state index in [1.807, 2.05) is 0 Å². The van der Waals surface area contributed by atoms with Crippen molar-refractivity contribution in [2.75, 3.05) is 0 Å². The number of aliphatic imine (C=N–C) groups is 4. The van der Waals surface area contributed by atoms with Crippen LogP contribution in [0.15, 0.2) is 117 Å². The number of rotatable bonds is 16. The van der Waals surface area contributed by atoms with Crippen LogP contribution >= 0.6 is 47.0 Å². The second kappa shape index (κ2) is 29.4. The number of amides is 4. The van der Waals surface area contributed by atoms with Gasteiger partial charge in [-0.15, -0.1) is 0 Å². The molecule has 96 heavy (non-hydrogen) atoms. The van der Waals surface area contributed by atoms with E-state index in [0.717, 1.165) is 71.3 Å². The Morgan fingerprint density at radius 3 is 0.646 bits per heavy atom. The maximum Gasteiger partial charge on any atom is 0.416 e. The molecule has 4 aromatic rings. The zero-order valence-electron chi connectivity index (χ0n) is 55.6. The molecule has 8 atom stereocenters. The number of halogens is 14. The van der Waals surface area contributed by atoms with E-state index in [1.165, 1.54) is 118 Å². The van der Waals surface area contributed by atoms with Crippen LogP contribution in [0.5, 0.6) is 0 Å². The smallest absolute Gasteiger partial charge is 0.388 e. The van der Waals surface area contributed by atoms with Gasteiger partial charge in [0.1, 0.15) is 30.3 Å². The van der Waals surface area contributed by atoms with E-state index in [-0.39, 0.29) is 47.9 Å². The lowest BCUT2D eigenvalue weighted by Gasteiger charge is -2.33. The van der Waals surface area contributed by atoms with Crippen molar-refractivity contribution in [2.24, 2.45) is 20.0 Å². The first-order chi connectivity index (χ1) is 43.4. The van der Waals surface area contributed by atoms with Gasteiger partial charge in [0.15, 0.2) is 0 Å². The first-order valence-electron chi connectivity index (χ1n) is 30.2. The van der Waals surface area contributed by atoms with Crippen molar-refractivity contribution in [3.63, 3.8) is 0 Å². The predicted octanol–water partition coefficient (Wildman–Crippen LogP) is 19.6. The number of carbonyl (C=O) groups excluding carboxylic acids is 4. The highest BCUT2D eigenvalue weighted by Crippen LogP contribution is 2.51. The molecule has 28 heteroatoms. The number of aliphatic hydroxyl groups is 2. The Kier molecular flexibility index (Phi) is 24.9. The molecule has 528 valence electrons. The van der Waals surface area contributed by atoms with Crippen LogP contribution in [-0.4, -0.2) is 95.5 Å². The van der Waals surface area contributed by atoms with Crippen molar-refractivity contribution in [1.82, 2.24) is 0 Å². The van der Waals surface area contributed by atoms with Crippen molar-refractivity contribution in [1.29, 1.82) is 0 Å². The number of thioether (sulfide) groups is 4. The third kappa shape index (κ3) is 18.7. The molecule has 0 fully saturated rings. The average molecular weight is 1440 g/mol. The fourth-order valence-electron chi connectivity index (χ4n) is 10.2. The molecule has 10 nitrogen and oxygen atoms in total. The molecule has 0 saturated carbocycles. The first-order valence-corrected chi connectivity index (χ1v) is 33.4. The maximum atomic E-state index is 14.3. The Morgan fingerprint density at radius 1 is 0.333 bits per heavy atom. The van der Waals surface area contributed by atoms with E-state index >= 15 is 0 Å². The summed E-state index contributed by atoms with van der Waals surface area (Å²) in [6.07, 6.45) is -17.0. The summed E-state index contributed by atoms with van der Waals surface area (Å²) in [4.78, 5) is 64.1. The number of hydrogen-bond acceptors (Lipinski definition) is 10. The zero-order valence-corrected chi connectivity index (χ0v) is 58.9. The fraction of sp³-hybridized carbons (Fsp3) is 0.529. The van der Waals surface area contributed by atoms with Crippen molar-refractivity contribution >= 4 is 90.9 Å². The number of benzene rings is 4. The van der Waals surface area contributed by atoms with Crippen molar-refractivity contribution in [2.45, 2.75) is 226 Å². The standard InChI is InChI=1S/2C17H19F4NOS.2C17H20F3NO2S/c2*1-10(11-7-5-6-8-12(11)17(19,20)21)9-13-22-14(23)16(4,24-13)15(2,3)18;2*1-10(11-7-5-6-8-12(11)17(18,19)20)9-13-21-14(22)16(4,24-13)15(2,3)23/h2*5-8,10H,9H2,1-4H3;2*5-8,10,23H,9H2,1-4H3/t10-,16+;10-,16-;10-,16+;10-,16-/m1111/s1.